The number of aromatic amines is 1. The number of thiophene rings is 1. The third-order valence-corrected chi connectivity index (χ3v) is 5.50. The number of imidazole rings is 1. The molecule has 0 spiro atoms. The summed E-state index contributed by atoms with van der Waals surface area (Å²) < 4.78 is 5.01. The van der Waals surface area contributed by atoms with Gasteiger partial charge in [-0.05, 0) is 55.4 Å². The van der Waals surface area contributed by atoms with E-state index in [0.717, 1.165) is 28.0 Å². The van der Waals surface area contributed by atoms with Crippen LogP contribution in [0.2, 0.25) is 0 Å². The summed E-state index contributed by atoms with van der Waals surface area (Å²) in [6.45, 7) is 2.02. The molecular formula is C14H16N4S2. The number of fused-ring (bicyclic) bond motifs is 2. The summed E-state index contributed by atoms with van der Waals surface area (Å²) >= 11 is 7.45. The Morgan fingerprint density at radius 3 is 3.20 bits per heavy atom. The van der Waals surface area contributed by atoms with Crippen molar-refractivity contribution in [1.29, 1.82) is 0 Å². The second-order valence-electron chi connectivity index (χ2n) is 5.41. The molecule has 0 aliphatic heterocycles. The number of H-pyrrole nitrogens is 1. The maximum Gasteiger partial charge on any atom is 0.179 e. The van der Waals surface area contributed by atoms with E-state index in [2.05, 4.69) is 26.1 Å². The predicted molar refractivity (Wildman–Crippen MR) is 84.0 cm³/mol. The first-order valence-corrected chi connectivity index (χ1v) is 8.15. The molecule has 1 atom stereocenters. The van der Waals surface area contributed by atoms with Gasteiger partial charge in [-0.3, -0.25) is 9.25 Å². The Morgan fingerprint density at radius 2 is 2.35 bits per heavy atom. The standard InChI is InChI=1S/C14H16N4S2/c1-8-12-13(17(2)16-8)18(14(19)15-12)10-4-3-5-11-9(10)6-7-20-11/h6-7,10H,3-5H2,1-2H3,(H,15,19). The number of hydrogen-bond acceptors (Lipinski definition) is 3. The van der Waals surface area contributed by atoms with Crippen molar-refractivity contribution >= 4 is 34.7 Å². The third-order valence-electron chi connectivity index (χ3n) is 4.20. The minimum absolute atomic E-state index is 0.348. The second-order valence-corrected chi connectivity index (χ2v) is 6.80. The monoisotopic (exact) mass is 304 g/mol. The highest BCUT2D eigenvalue weighted by atomic mass is 32.1. The molecule has 20 heavy (non-hydrogen) atoms. The van der Waals surface area contributed by atoms with Gasteiger partial charge < -0.3 is 4.98 Å². The third kappa shape index (κ3) is 1.58. The van der Waals surface area contributed by atoms with Crippen LogP contribution in [0.3, 0.4) is 0 Å². The topological polar surface area (TPSA) is 38.5 Å². The first kappa shape index (κ1) is 12.3. The van der Waals surface area contributed by atoms with Crippen LogP contribution in [0.5, 0.6) is 0 Å². The average molecular weight is 304 g/mol. The zero-order chi connectivity index (χ0) is 13.9. The predicted octanol–water partition coefficient (Wildman–Crippen LogP) is 3.73. The molecule has 0 saturated carbocycles. The first-order valence-electron chi connectivity index (χ1n) is 6.87. The molecular weight excluding hydrogens is 288 g/mol. The van der Waals surface area contributed by atoms with Crippen molar-refractivity contribution in [2.45, 2.75) is 32.2 Å². The number of nitrogens with one attached hydrogen (secondary N) is 1. The summed E-state index contributed by atoms with van der Waals surface area (Å²) in [5, 5.41) is 6.71. The Balaban J connectivity index is 2.01. The van der Waals surface area contributed by atoms with Crippen LogP contribution in [0.1, 0.15) is 35.0 Å². The Morgan fingerprint density at radius 1 is 1.50 bits per heavy atom. The molecule has 0 saturated heterocycles. The van der Waals surface area contributed by atoms with Gasteiger partial charge in [-0.25, -0.2) is 0 Å². The summed E-state index contributed by atoms with van der Waals surface area (Å²) in [5.74, 6) is 0. The Bertz CT molecular complexity index is 848. The number of aromatic nitrogens is 4. The molecule has 1 aliphatic carbocycles. The molecule has 0 bridgehead atoms. The van der Waals surface area contributed by atoms with Crippen LogP contribution in [-0.4, -0.2) is 19.3 Å². The van der Waals surface area contributed by atoms with Crippen LogP contribution in [-0.2, 0) is 13.5 Å². The SMILES string of the molecule is Cc1nn(C)c2c1[nH]c(=S)n2C1CCCc2sccc21. The molecule has 3 heterocycles. The number of nitrogens with zero attached hydrogens (tertiary/aromatic N) is 3. The lowest BCUT2D eigenvalue weighted by Gasteiger charge is -2.24. The summed E-state index contributed by atoms with van der Waals surface area (Å²) in [4.78, 5) is 4.84. The van der Waals surface area contributed by atoms with Gasteiger partial charge in [0.1, 0.15) is 5.52 Å². The molecule has 4 nitrogen and oxygen atoms in total. The van der Waals surface area contributed by atoms with Gasteiger partial charge >= 0.3 is 0 Å². The fraction of sp³-hybridized carbons (Fsp3) is 0.429. The molecule has 1 aliphatic rings. The van der Waals surface area contributed by atoms with Crippen LogP contribution in [0, 0.1) is 11.7 Å². The molecule has 0 amide bonds. The molecule has 0 radical (unpaired) electrons. The van der Waals surface area contributed by atoms with Gasteiger partial charge in [-0.1, -0.05) is 0 Å². The van der Waals surface area contributed by atoms with Crippen LogP contribution >= 0.6 is 23.6 Å². The van der Waals surface area contributed by atoms with Gasteiger partial charge in [0.05, 0.1) is 11.7 Å². The lowest BCUT2D eigenvalue weighted by molar-refractivity contribution is 0.492. The fourth-order valence-electron chi connectivity index (χ4n) is 3.35. The average Bonchev–Trinajstić information content (AvgIpc) is 3.07. The highest BCUT2D eigenvalue weighted by Crippen LogP contribution is 2.37. The smallest absolute Gasteiger partial charge is 0.179 e. The van der Waals surface area contributed by atoms with E-state index < -0.39 is 0 Å². The van der Waals surface area contributed by atoms with Gasteiger partial charge in [0, 0.05) is 11.9 Å². The van der Waals surface area contributed by atoms with Gasteiger partial charge in [0.2, 0.25) is 0 Å². The second kappa shape index (κ2) is 4.30. The summed E-state index contributed by atoms with van der Waals surface area (Å²) in [6, 6.07) is 2.61. The highest BCUT2D eigenvalue weighted by Gasteiger charge is 2.26. The molecule has 6 heteroatoms. The van der Waals surface area contributed by atoms with Crippen molar-refractivity contribution in [2.24, 2.45) is 7.05 Å². The molecule has 0 fully saturated rings. The number of hydrogen-bond donors (Lipinski definition) is 1. The number of rotatable bonds is 1. The molecule has 1 N–H and O–H groups in total. The Hall–Kier alpha value is -1.40. The van der Waals surface area contributed by atoms with E-state index in [9.17, 15) is 0 Å². The van der Waals surface area contributed by atoms with E-state index in [-0.39, 0.29) is 0 Å². The number of aryl methyl sites for hydroxylation is 3. The van der Waals surface area contributed by atoms with E-state index >= 15 is 0 Å². The zero-order valence-corrected chi connectivity index (χ0v) is 13.1. The van der Waals surface area contributed by atoms with E-state index in [0.29, 0.717) is 6.04 Å². The molecule has 1 unspecified atom stereocenters. The molecule has 3 aromatic heterocycles. The van der Waals surface area contributed by atoms with E-state index in [1.165, 1.54) is 23.3 Å². The first-order chi connectivity index (χ1) is 9.66. The molecule has 3 aromatic rings. The minimum Gasteiger partial charge on any atom is -0.328 e. The fourth-order valence-corrected chi connectivity index (χ4v) is 4.65. The maximum absolute atomic E-state index is 5.58. The molecule has 0 aromatic carbocycles. The lowest BCUT2D eigenvalue weighted by Crippen LogP contribution is -2.17. The van der Waals surface area contributed by atoms with Crippen LogP contribution in [0.4, 0.5) is 0 Å². The van der Waals surface area contributed by atoms with Gasteiger partial charge in [-0.2, -0.15) is 5.10 Å². The van der Waals surface area contributed by atoms with E-state index in [1.54, 1.807) is 0 Å². The van der Waals surface area contributed by atoms with Crippen LogP contribution in [0.15, 0.2) is 11.4 Å². The minimum atomic E-state index is 0.348. The van der Waals surface area contributed by atoms with Gasteiger partial charge in [-0.15, -0.1) is 11.3 Å². The van der Waals surface area contributed by atoms with Crippen molar-refractivity contribution < 1.29 is 0 Å². The van der Waals surface area contributed by atoms with Crippen molar-refractivity contribution in [1.82, 2.24) is 19.3 Å². The Labute approximate surface area is 126 Å². The van der Waals surface area contributed by atoms with Crippen molar-refractivity contribution in [2.75, 3.05) is 0 Å². The van der Waals surface area contributed by atoms with Crippen molar-refractivity contribution in [3.05, 3.63) is 32.4 Å². The van der Waals surface area contributed by atoms with Crippen molar-refractivity contribution in [3.8, 4) is 0 Å². The summed E-state index contributed by atoms with van der Waals surface area (Å²) in [7, 11) is 1.99. The lowest BCUT2D eigenvalue weighted by atomic mass is 9.94. The normalized spacial score (nSPS) is 18.6. The van der Waals surface area contributed by atoms with Crippen LogP contribution in [0.25, 0.3) is 11.2 Å². The zero-order valence-electron chi connectivity index (χ0n) is 11.5. The van der Waals surface area contributed by atoms with Gasteiger partial charge in [0.15, 0.2) is 10.4 Å². The molecule has 104 valence electrons. The largest absolute Gasteiger partial charge is 0.328 e. The van der Waals surface area contributed by atoms with Crippen LogP contribution < -0.4 is 0 Å². The Kier molecular flexibility index (Phi) is 2.65. The highest BCUT2D eigenvalue weighted by molar-refractivity contribution is 7.71. The summed E-state index contributed by atoms with van der Waals surface area (Å²) in [5.41, 5.74) is 4.63. The quantitative estimate of drug-likeness (QED) is 0.696. The van der Waals surface area contributed by atoms with Gasteiger partial charge in [0.25, 0.3) is 0 Å². The van der Waals surface area contributed by atoms with E-state index in [1.807, 2.05) is 30.0 Å². The molecule has 4 rings (SSSR count). The maximum atomic E-state index is 5.58. The summed E-state index contributed by atoms with van der Waals surface area (Å²) in [6.07, 6.45) is 3.58. The van der Waals surface area contributed by atoms with Crippen molar-refractivity contribution in [3.63, 3.8) is 0 Å². The van der Waals surface area contributed by atoms with E-state index in [4.69, 9.17) is 12.2 Å².